The Bertz CT molecular complexity index is 605. The summed E-state index contributed by atoms with van der Waals surface area (Å²) >= 11 is 0. The van der Waals surface area contributed by atoms with Gasteiger partial charge in [-0.25, -0.2) is 0 Å². The van der Waals surface area contributed by atoms with E-state index in [0.29, 0.717) is 16.8 Å². The van der Waals surface area contributed by atoms with Gasteiger partial charge in [-0.15, -0.1) is 0 Å². The van der Waals surface area contributed by atoms with Crippen molar-refractivity contribution < 1.29 is 9.59 Å². The average molecular weight is 198 g/mol. The third-order valence-electron chi connectivity index (χ3n) is 2.46. The van der Waals surface area contributed by atoms with Gasteiger partial charge in [0.1, 0.15) is 0 Å². The van der Waals surface area contributed by atoms with Crippen LogP contribution in [0.5, 0.6) is 0 Å². The fraction of sp³-hybridized carbons (Fsp3) is 0. The molecule has 4 nitrogen and oxygen atoms in total. The highest BCUT2D eigenvalue weighted by atomic mass is 16.2. The SMILES string of the molecule is O=C1Nc2c(ccc3cccnc23)C1=O. The van der Waals surface area contributed by atoms with Crippen molar-refractivity contribution in [1.82, 2.24) is 4.98 Å². The number of fused-ring (bicyclic) bond motifs is 3. The first-order valence-corrected chi connectivity index (χ1v) is 4.51. The van der Waals surface area contributed by atoms with Crippen LogP contribution in [0.25, 0.3) is 10.9 Å². The number of nitrogens with zero attached hydrogens (tertiary/aromatic N) is 1. The van der Waals surface area contributed by atoms with Gasteiger partial charge in [0, 0.05) is 11.6 Å². The van der Waals surface area contributed by atoms with Gasteiger partial charge in [-0.05, 0) is 12.1 Å². The lowest BCUT2D eigenvalue weighted by Crippen LogP contribution is -2.12. The summed E-state index contributed by atoms with van der Waals surface area (Å²) in [5.74, 6) is -1.07. The van der Waals surface area contributed by atoms with Gasteiger partial charge in [0.05, 0.1) is 16.8 Å². The average Bonchev–Trinajstić information content (AvgIpc) is 2.56. The first kappa shape index (κ1) is 8.11. The van der Waals surface area contributed by atoms with Crippen LogP contribution in [0.15, 0.2) is 30.5 Å². The van der Waals surface area contributed by atoms with Gasteiger partial charge in [0.2, 0.25) is 0 Å². The van der Waals surface area contributed by atoms with Gasteiger partial charge in [-0.2, -0.15) is 0 Å². The fourth-order valence-corrected chi connectivity index (χ4v) is 1.75. The van der Waals surface area contributed by atoms with Gasteiger partial charge in [-0.3, -0.25) is 14.6 Å². The molecule has 72 valence electrons. The minimum atomic E-state index is -0.580. The molecule has 2 heterocycles. The summed E-state index contributed by atoms with van der Waals surface area (Å²) in [6.07, 6.45) is 1.64. The van der Waals surface area contributed by atoms with E-state index in [1.165, 1.54) is 0 Å². The molecule has 0 unspecified atom stereocenters. The summed E-state index contributed by atoms with van der Waals surface area (Å²) in [7, 11) is 0. The molecular weight excluding hydrogens is 192 g/mol. The van der Waals surface area contributed by atoms with E-state index >= 15 is 0 Å². The number of rotatable bonds is 0. The molecule has 0 bridgehead atoms. The van der Waals surface area contributed by atoms with Crippen molar-refractivity contribution in [1.29, 1.82) is 0 Å². The Kier molecular flexibility index (Phi) is 1.42. The molecule has 1 amide bonds. The third-order valence-corrected chi connectivity index (χ3v) is 2.46. The van der Waals surface area contributed by atoms with Gasteiger partial charge >= 0.3 is 0 Å². The Morgan fingerprint density at radius 1 is 1.13 bits per heavy atom. The lowest BCUT2D eigenvalue weighted by molar-refractivity contribution is -0.112. The molecule has 1 aromatic carbocycles. The van der Waals surface area contributed by atoms with E-state index in [1.807, 2.05) is 12.1 Å². The molecule has 1 aliphatic heterocycles. The Balaban J connectivity index is 2.43. The number of benzene rings is 1. The maximum Gasteiger partial charge on any atom is 0.296 e. The molecule has 2 aromatic rings. The quantitative estimate of drug-likeness (QED) is 0.650. The number of pyridine rings is 1. The second-order valence-electron chi connectivity index (χ2n) is 3.35. The molecule has 0 aliphatic carbocycles. The standard InChI is InChI=1S/C11H6N2O2/c14-10-7-4-3-6-2-1-5-12-8(6)9(7)13-11(10)15/h1-5H,(H,13,14,15). The Morgan fingerprint density at radius 3 is 2.87 bits per heavy atom. The minimum Gasteiger partial charge on any atom is -0.317 e. The van der Waals surface area contributed by atoms with Crippen LogP contribution in [0, 0.1) is 0 Å². The zero-order valence-electron chi connectivity index (χ0n) is 7.65. The highest BCUT2D eigenvalue weighted by Crippen LogP contribution is 2.29. The second-order valence-corrected chi connectivity index (χ2v) is 3.35. The van der Waals surface area contributed by atoms with Crippen molar-refractivity contribution in [2.75, 3.05) is 5.32 Å². The van der Waals surface area contributed by atoms with E-state index in [-0.39, 0.29) is 0 Å². The van der Waals surface area contributed by atoms with Crippen LogP contribution >= 0.6 is 0 Å². The molecule has 1 N–H and O–H groups in total. The number of anilines is 1. The summed E-state index contributed by atoms with van der Waals surface area (Å²) < 4.78 is 0. The highest BCUT2D eigenvalue weighted by molar-refractivity contribution is 6.52. The van der Waals surface area contributed by atoms with Crippen molar-refractivity contribution >= 4 is 28.3 Å². The first-order chi connectivity index (χ1) is 7.27. The van der Waals surface area contributed by atoms with Crippen LogP contribution in [-0.2, 0) is 4.79 Å². The first-order valence-electron chi connectivity index (χ1n) is 4.51. The monoisotopic (exact) mass is 198 g/mol. The largest absolute Gasteiger partial charge is 0.317 e. The summed E-state index contributed by atoms with van der Waals surface area (Å²) in [4.78, 5) is 26.7. The summed E-state index contributed by atoms with van der Waals surface area (Å²) in [5.41, 5.74) is 1.60. The number of amides is 1. The van der Waals surface area contributed by atoms with E-state index in [1.54, 1.807) is 18.3 Å². The third kappa shape index (κ3) is 0.985. The number of ketones is 1. The number of carbonyl (C=O) groups excluding carboxylic acids is 2. The molecule has 0 saturated heterocycles. The smallest absolute Gasteiger partial charge is 0.296 e. The second kappa shape index (κ2) is 2.63. The van der Waals surface area contributed by atoms with Crippen LogP contribution in [0.3, 0.4) is 0 Å². The number of hydrogen-bond acceptors (Lipinski definition) is 3. The molecule has 1 aliphatic rings. The molecule has 0 fully saturated rings. The number of aromatic nitrogens is 1. The molecule has 4 heteroatoms. The molecule has 1 aromatic heterocycles. The lowest BCUT2D eigenvalue weighted by Gasteiger charge is -2.01. The molecule has 0 atom stereocenters. The lowest BCUT2D eigenvalue weighted by atomic mass is 10.1. The van der Waals surface area contributed by atoms with E-state index in [4.69, 9.17) is 0 Å². The predicted molar refractivity (Wildman–Crippen MR) is 54.7 cm³/mol. The molecule has 3 rings (SSSR count). The van der Waals surface area contributed by atoms with Crippen LogP contribution < -0.4 is 5.32 Å². The van der Waals surface area contributed by atoms with E-state index in [0.717, 1.165) is 5.39 Å². The normalized spacial score (nSPS) is 14.1. The zero-order chi connectivity index (χ0) is 10.4. The topological polar surface area (TPSA) is 59.1 Å². The number of hydrogen-bond donors (Lipinski definition) is 1. The molecule has 0 radical (unpaired) electrons. The van der Waals surface area contributed by atoms with Gasteiger partial charge < -0.3 is 5.32 Å². The van der Waals surface area contributed by atoms with Gasteiger partial charge in [-0.1, -0.05) is 12.1 Å². The molecule has 0 spiro atoms. The van der Waals surface area contributed by atoms with Crippen LogP contribution in [0.1, 0.15) is 10.4 Å². The summed E-state index contributed by atoms with van der Waals surface area (Å²) in [6, 6.07) is 7.14. The Labute approximate surface area is 84.9 Å². The molecule has 15 heavy (non-hydrogen) atoms. The Morgan fingerprint density at radius 2 is 2.00 bits per heavy atom. The summed E-state index contributed by atoms with van der Waals surface area (Å²) in [6.45, 7) is 0. The molecular formula is C11H6N2O2. The van der Waals surface area contributed by atoms with Crippen LogP contribution in [0.4, 0.5) is 5.69 Å². The summed E-state index contributed by atoms with van der Waals surface area (Å²) in [5, 5.41) is 3.45. The highest BCUT2D eigenvalue weighted by Gasteiger charge is 2.29. The number of Topliss-reactive ketones (excluding diaryl/α,β-unsaturated/α-hetero) is 1. The van der Waals surface area contributed by atoms with Gasteiger partial charge in [0.15, 0.2) is 0 Å². The van der Waals surface area contributed by atoms with Crippen molar-refractivity contribution in [2.24, 2.45) is 0 Å². The van der Waals surface area contributed by atoms with Crippen molar-refractivity contribution in [2.45, 2.75) is 0 Å². The minimum absolute atomic E-state index is 0.409. The van der Waals surface area contributed by atoms with Crippen LogP contribution in [0.2, 0.25) is 0 Å². The van der Waals surface area contributed by atoms with Crippen LogP contribution in [-0.4, -0.2) is 16.7 Å². The van der Waals surface area contributed by atoms with Crippen molar-refractivity contribution in [3.63, 3.8) is 0 Å². The maximum atomic E-state index is 11.4. The zero-order valence-corrected chi connectivity index (χ0v) is 7.65. The van der Waals surface area contributed by atoms with E-state index in [9.17, 15) is 9.59 Å². The predicted octanol–water partition coefficient (Wildman–Crippen LogP) is 1.37. The van der Waals surface area contributed by atoms with Crippen molar-refractivity contribution in [3.05, 3.63) is 36.0 Å². The van der Waals surface area contributed by atoms with E-state index < -0.39 is 11.7 Å². The Hall–Kier alpha value is -2.23. The number of nitrogens with one attached hydrogen (secondary N) is 1. The fourth-order valence-electron chi connectivity index (χ4n) is 1.75. The maximum absolute atomic E-state index is 11.4. The van der Waals surface area contributed by atoms with E-state index in [2.05, 4.69) is 10.3 Å². The van der Waals surface area contributed by atoms with Gasteiger partial charge in [0.25, 0.3) is 11.7 Å². The van der Waals surface area contributed by atoms with Crippen molar-refractivity contribution in [3.8, 4) is 0 Å². The number of carbonyl (C=O) groups is 2. The molecule has 0 saturated carbocycles.